The van der Waals surface area contributed by atoms with Crippen LogP contribution in [0, 0.1) is 13.8 Å². The van der Waals surface area contributed by atoms with Crippen LogP contribution < -0.4 is 9.47 Å². The molecule has 1 saturated heterocycles. The molecule has 0 aliphatic carbocycles. The maximum absolute atomic E-state index is 10.00. The first kappa shape index (κ1) is 17.1. The van der Waals surface area contributed by atoms with Crippen molar-refractivity contribution in [1.82, 2.24) is 0 Å². The van der Waals surface area contributed by atoms with Crippen LogP contribution in [0.15, 0.2) is 48.5 Å². The third kappa shape index (κ3) is 4.41. The summed E-state index contributed by atoms with van der Waals surface area (Å²) in [5.41, 5.74) is 2.31. The van der Waals surface area contributed by atoms with Gasteiger partial charge in [0.2, 0.25) is 5.25 Å². The first-order valence-corrected chi connectivity index (χ1v) is 8.31. The van der Waals surface area contributed by atoms with Gasteiger partial charge in [-0.1, -0.05) is 47.0 Å². The summed E-state index contributed by atoms with van der Waals surface area (Å²) in [7, 11) is 0. The smallest absolute Gasteiger partial charge is 0.250 e. The molecule has 1 heterocycles. The number of benzene rings is 2. The van der Waals surface area contributed by atoms with Gasteiger partial charge in [0, 0.05) is 0 Å². The topological polar surface area (TPSA) is 47.9 Å². The SMILES string of the molecule is Cc1ccc(OC[C@H]2OC(O)(Cl)C[C@@H]2Oc2ccc(C)cc2)cc1. The number of alkyl halides is 1. The molecule has 1 fully saturated rings. The molecule has 0 amide bonds. The van der Waals surface area contributed by atoms with Gasteiger partial charge in [-0.15, -0.1) is 0 Å². The van der Waals surface area contributed by atoms with Gasteiger partial charge in [0.25, 0.3) is 0 Å². The molecule has 0 aromatic heterocycles. The van der Waals surface area contributed by atoms with Gasteiger partial charge >= 0.3 is 0 Å². The van der Waals surface area contributed by atoms with Crippen molar-refractivity contribution in [1.29, 1.82) is 0 Å². The third-order valence-electron chi connectivity index (χ3n) is 3.94. The number of hydrogen-bond donors (Lipinski definition) is 1. The first-order valence-electron chi connectivity index (χ1n) is 7.93. The Kier molecular flexibility index (Phi) is 4.99. The summed E-state index contributed by atoms with van der Waals surface area (Å²) in [6.07, 6.45) is -0.680. The zero-order valence-electron chi connectivity index (χ0n) is 13.7. The lowest BCUT2D eigenvalue weighted by molar-refractivity contribution is -0.136. The van der Waals surface area contributed by atoms with E-state index in [1.54, 1.807) is 0 Å². The van der Waals surface area contributed by atoms with Crippen LogP contribution in [0.5, 0.6) is 11.5 Å². The standard InChI is InChI=1S/C19H21ClO4/c1-13-3-7-15(8-4-13)22-12-18-17(11-19(20,21)24-18)23-16-9-5-14(2)6-10-16/h3-10,17-18,21H,11-12H2,1-2H3/t17-,18+,19?/m0/s1. The number of ether oxygens (including phenoxy) is 3. The second-order valence-corrected chi connectivity index (χ2v) is 6.73. The van der Waals surface area contributed by atoms with E-state index in [2.05, 4.69) is 0 Å². The molecule has 5 heteroatoms. The second kappa shape index (κ2) is 7.01. The highest BCUT2D eigenvalue weighted by Gasteiger charge is 2.46. The molecular weight excluding hydrogens is 328 g/mol. The average molecular weight is 349 g/mol. The zero-order chi connectivity index (χ0) is 17.2. The van der Waals surface area contributed by atoms with E-state index in [1.807, 2.05) is 62.4 Å². The number of hydrogen-bond acceptors (Lipinski definition) is 4. The van der Waals surface area contributed by atoms with Crippen LogP contribution in [0.1, 0.15) is 17.5 Å². The molecule has 2 aromatic carbocycles. The van der Waals surface area contributed by atoms with Crippen LogP contribution in [0.2, 0.25) is 0 Å². The van der Waals surface area contributed by atoms with Crippen molar-refractivity contribution in [3.05, 3.63) is 59.7 Å². The maximum atomic E-state index is 10.00. The average Bonchev–Trinajstić information content (AvgIpc) is 2.83. The molecule has 0 radical (unpaired) electrons. The van der Waals surface area contributed by atoms with Crippen LogP contribution >= 0.6 is 11.6 Å². The zero-order valence-corrected chi connectivity index (χ0v) is 14.5. The lowest BCUT2D eigenvalue weighted by Gasteiger charge is -2.20. The molecule has 3 atom stereocenters. The first-order chi connectivity index (χ1) is 11.4. The van der Waals surface area contributed by atoms with Crippen LogP contribution in [0.4, 0.5) is 0 Å². The van der Waals surface area contributed by atoms with Gasteiger partial charge in [-0.05, 0) is 38.1 Å². The summed E-state index contributed by atoms with van der Waals surface area (Å²) in [6, 6.07) is 15.5. The molecule has 24 heavy (non-hydrogen) atoms. The van der Waals surface area contributed by atoms with Crippen LogP contribution in [0.25, 0.3) is 0 Å². The third-order valence-corrected chi connectivity index (χ3v) is 4.19. The van der Waals surface area contributed by atoms with Gasteiger partial charge < -0.3 is 19.3 Å². The van der Waals surface area contributed by atoms with E-state index in [9.17, 15) is 5.11 Å². The maximum Gasteiger partial charge on any atom is 0.250 e. The molecule has 1 aliphatic rings. The Hall–Kier alpha value is -1.75. The van der Waals surface area contributed by atoms with Gasteiger partial charge in [-0.3, -0.25) is 0 Å². The molecule has 128 valence electrons. The van der Waals surface area contributed by atoms with Crippen molar-refractivity contribution >= 4 is 11.6 Å². The van der Waals surface area contributed by atoms with Crippen molar-refractivity contribution in [2.75, 3.05) is 6.61 Å². The monoisotopic (exact) mass is 348 g/mol. The highest BCUT2D eigenvalue weighted by Crippen LogP contribution is 2.34. The Morgan fingerprint density at radius 3 is 2.17 bits per heavy atom. The minimum Gasteiger partial charge on any atom is -0.491 e. The molecule has 3 rings (SSSR count). The molecule has 0 saturated carbocycles. The van der Waals surface area contributed by atoms with Crippen molar-refractivity contribution in [3.8, 4) is 11.5 Å². The summed E-state index contributed by atoms with van der Waals surface area (Å²) in [4.78, 5) is 0. The molecule has 4 nitrogen and oxygen atoms in total. The number of aryl methyl sites for hydroxylation is 2. The van der Waals surface area contributed by atoms with Gasteiger partial charge in [0.1, 0.15) is 30.3 Å². The Bertz CT molecular complexity index is 667. The van der Waals surface area contributed by atoms with E-state index in [1.165, 1.54) is 0 Å². The van der Waals surface area contributed by atoms with Crippen molar-refractivity contribution in [2.24, 2.45) is 0 Å². The number of halogens is 1. The highest BCUT2D eigenvalue weighted by atomic mass is 35.5. The fraction of sp³-hybridized carbons (Fsp3) is 0.368. The minimum atomic E-state index is -1.73. The molecule has 2 aromatic rings. The van der Waals surface area contributed by atoms with Gasteiger partial charge in [0.15, 0.2) is 0 Å². The molecule has 1 aliphatic heterocycles. The molecule has 1 N–H and O–H groups in total. The van der Waals surface area contributed by atoms with E-state index in [0.29, 0.717) is 5.75 Å². The van der Waals surface area contributed by atoms with Crippen LogP contribution in [-0.4, -0.2) is 29.2 Å². The normalized spacial score (nSPS) is 26.3. The Labute approximate surface area is 146 Å². The van der Waals surface area contributed by atoms with Gasteiger partial charge in [-0.2, -0.15) is 0 Å². The summed E-state index contributed by atoms with van der Waals surface area (Å²) in [6.45, 7) is 4.27. The summed E-state index contributed by atoms with van der Waals surface area (Å²) >= 11 is 5.95. The Morgan fingerprint density at radius 1 is 1.04 bits per heavy atom. The highest BCUT2D eigenvalue weighted by molar-refractivity contribution is 6.21. The number of rotatable bonds is 5. The largest absolute Gasteiger partial charge is 0.491 e. The predicted molar refractivity (Wildman–Crippen MR) is 92.6 cm³/mol. The van der Waals surface area contributed by atoms with E-state index in [0.717, 1.165) is 16.9 Å². The second-order valence-electron chi connectivity index (χ2n) is 6.14. The predicted octanol–water partition coefficient (Wildman–Crippen LogP) is 3.80. The van der Waals surface area contributed by atoms with Crippen molar-refractivity contribution in [3.63, 3.8) is 0 Å². The minimum absolute atomic E-state index is 0.171. The summed E-state index contributed by atoms with van der Waals surface area (Å²) < 4.78 is 17.2. The number of aliphatic hydroxyl groups is 1. The van der Waals surface area contributed by atoms with E-state index in [4.69, 9.17) is 25.8 Å². The van der Waals surface area contributed by atoms with Crippen molar-refractivity contribution < 1.29 is 19.3 Å². The Balaban J connectivity index is 1.65. The lowest BCUT2D eigenvalue weighted by atomic mass is 10.2. The van der Waals surface area contributed by atoms with Gasteiger partial charge in [-0.25, -0.2) is 0 Å². The van der Waals surface area contributed by atoms with E-state index >= 15 is 0 Å². The van der Waals surface area contributed by atoms with E-state index in [-0.39, 0.29) is 19.1 Å². The Morgan fingerprint density at radius 2 is 1.58 bits per heavy atom. The van der Waals surface area contributed by atoms with Gasteiger partial charge in [0.05, 0.1) is 6.42 Å². The van der Waals surface area contributed by atoms with Crippen LogP contribution in [0.3, 0.4) is 0 Å². The molecular formula is C19H21ClO4. The summed E-state index contributed by atoms with van der Waals surface area (Å²) in [5.74, 6) is 1.45. The molecule has 0 bridgehead atoms. The summed E-state index contributed by atoms with van der Waals surface area (Å²) in [5, 5.41) is 8.27. The molecule has 0 spiro atoms. The lowest BCUT2D eigenvalue weighted by Crippen LogP contribution is -2.32. The molecule has 1 unspecified atom stereocenters. The van der Waals surface area contributed by atoms with E-state index < -0.39 is 11.4 Å². The quantitative estimate of drug-likeness (QED) is 0.835. The van der Waals surface area contributed by atoms with Crippen LogP contribution in [-0.2, 0) is 4.74 Å². The van der Waals surface area contributed by atoms with Crippen molar-refractivity contribution in [2.45, 2.75) is 37.7 Å². The fourth-order valence-electron chi connectivity index (χ4n) is 2.60. The fourth-order valence-corrected chi connectivity index (χ4v) is 2.87.